The maximum atomic E-state index is 11.9. The van der Waals surface area contributed by atoms with Gasteiger partial charge in [-0.05, 0) is 49.9 Å². The van der Waals surface area contributed by atoms with Crippen molar-refractivity contribution < 1.29 is 14.7 Å². The highest BCUT2D eigenvalue weighted by Gasteiger charge is 2.27. The second kappa shape index (κ2) is 9.06. The molecule has 1 rings (SSSR count). The average molecular weight is 297 g/mol. The number of aliphatic carboxylic acids is 1. The molecule has 0 radical (unpaired) electrons. The minimum Gasteiger partial charge on any atom is -0.481 e. The molecule has 0 unspecified atom stereocenters. The molecule has 0 saturated heterocycles. The first-order valence-corrected chi connectivity index (χ1v) is 8.37. The van der Waals surface area contributed by atoms with Crippen LogP contribution < -0.4 is 5.32 Å². The van der Waals surface area contributed by atoms with Gasteiger partial charge in [0.05, 0.1) is 0 Å². The Morgan fingerprint density at radius 1 is 1.10 bits per heavy atom. The topological polar surface area (TPSA) is 66.4 Å². The molecule has 1 aliphatic rings. The van der Waals surface area contributed by atoms with Crippen molar-refractivity contribution in [1.82, 2.24) is 5.32 Å². The summed E-state index contributed by atoms with van der Waals surface area (Å²) in [7, 11) is 0. The van der Waals surface area contributed by atoms with Gasteiger partial charge in [-0.3, -0.25) is 9.59 Å². The van der Waals surface area contributed by atoms with E-state index >= 15 is 0 Å². The van der Waals surface area contributed by atoms with Gasteiger partial charge in [0, 0.05) is 19.4 Å². The maximum Gasteiger partial charge on any atom is 0.303 e. The Balaban J connectivity index is 1.98. The molecule has 0 aromatic carbocycles. The molecular weight excluding hydrogens is 266 g/mol. The summed E-state index contributed by atoms with van der Waals surface area (Å²) in [5.41, 5.74) is 0.461. The van der Waals surface area contributed by atoms with Crippen molar-refractivity contribution in [1.29, 1.82) is 0 Å². The first kappa shape index (κ1) is 18.0. The van der Waals surface area contributed by atoms with E-state index < -0.39 is 5.97 Å². The molecule has 4 nitrogen and oxygen atoms in total. The normalized spacial score (nSPS) is 18.4. The largest absolute Gasteiger partial charge is 0.481 e. The molecule has 1 amide bonds. The fraction of sp³-hybridized carbons (Fsp3) is 0.882. The van der Waals surface area contributed by atoms with E-state index in [9.17, 15) is 9.59 Å². The summed E-state index contributed by atoms with van der Waals surface area (Å²) in [6.45, 7) is 5.35. The van der Waals surface area contributed by atoms with Gasteiger partial charge in [-0.2, -0.15) is 0 Å². The summed E-state index contributed by atoms with van der Waals surface area (Å²) in [4.78, 5) is 22.2. The maximum absolute atomic E-state index is 11.9. The van der Waals surface area contributed by atoms with Crippen LogP contribution in [0.3, 0.4) is 0 Å². The second-order valence-corrected chi connectivity index (χ2v) is 7.22. The number of amides is 1. The summed E-state index contributed by atoms with van der Waals surface area (Å²) in [5, 5.41) is 11.5. The molecule has 4 heteroatoms. The number of hydrogen-bond acceptors (Lipinski definition) is 2. The highest BCUT2D eigenvalue weighted by Crippen LogP contribution is 2.39. The van der Waals surface area contributed by atoms with Crippen molar-refractivity contribution >= 4 is 11.9 Å². The molecule has 2 N–H and O–H groups in total. The Morgan fingerprint density at radius 3 is 2.33 bits per heavy atom. The number of carbonyl (C=O) groups is 2. The lowest BCUT2D eigenvalue weighted by molar-refractivity contribution is -0.137. The van der Waals surface area contributed by atoms with E-state index in [-0.39, 0.29) is 12.3 Å². The van der Waals surface area contributed by atoms with Gasteiger partial charge in [0.2, 0.25) is 5.91 Å². The second-order valence-electron chi connectivity index (χ2n) is 7.22. The van der Waals surface area contributed by atoms with Gasteiger partial charge < -0.3 is 10.4 Å². The zero-order valence-electron chi connectivity index (χ0n) is 13.6. The predicted octanol–water partition coefficient (Wildman–Crippen LogP) is 3.74. The SMILES string of the molecule is CC1(C)CCC(CC(=O)NCCCCCCC(=O)O)CC1. The van der Waals surface area contributed by atoms with Crippen LogP contribution in [-0.4, -0.2) is 23.5 Å². The summed E-state index contributed by atoms with van der Waals surface area (Å²) in [5.74, 6) is 0.0257. The molecule has 122 valence electrons. The van der Waals surface area contributed by atoms with Crippen molar-refractivity contribution in [2.45, 2.75) is 78.1 Å². The van der Waals surface area contributed by atoms with Gasteiger partial charge in [0.1, 0.15) is 0 Å². The van der Waals surface area contributed by atoms with E-state index in [1.165, 1.54) is 25.7 Å². The molecule has 0 aromatic rings. The van der Waals surface area contributed by atoms with E-state index in [4.69, 9.17) is 5.11 Å². The summed E-state index contributed by atoms with van der Waals surface area (Å²) in [6.07, 6.45) is 9.35. The van der Waals surface area contributed by atoms with Crippen molar-refractivity contribution in [2.75, 3.05) is 6.54 Å². The predicted molar refractivity (Wildman–Crippen MR) is 84.1 cm³/mol. The molecule has 0 spiro atoms. The van der Waals surface area contributed by atoms with Crippen molar-refractivity contribution in [2.24, 2.45) is 11.3 Å². The van der Waals surface area contributed by atoms with Crippen molar-refractivity contribution in [3.63, 3.8) is 0 Å². The molecular formula is C17H31NO3. The van der Waals surface area contributed by atoms with E-state index in [1.54, 1.807) is 0 Å². The number of nitrogens with one attached hydrogen (secondary N) is 1. The fourth-order valence-corrected chi connectivity index (χ4v) is 2.98. The third-order valence-corrected chi connectivity index (χ3v) is 4.57. The third kappa shape index (κ3) is 8.74. The number of hydrogen-bond donors (Lipinski definition) is 2. The minimum atomic E-state index is -0.723. The Morgan fingerprint density at radius 2 is 1.71 bits per heavy atom. The number of carbonyl (C=O) groups excluding carboxylic acids is 1. The van der Waals surface area contributed by atoms with E-state index in [0.717, 1.165) is 32.2 Å². The first-order chi connectivity index (χ1) is 9.89. The van der Waals surface area contributed by atoms with Crippen molar-refractivity contribution in [3.05, 3.63) is 0 Å². The quantitative estimate of drug-likeness (QED) is 0.637. The Bertz CT molecular complexity index is 329. The van der Waals surface area contributed by atoms with Crippen LogP contribution in [0.4, 0.5) is 0 Å². The average Bonchev–Trinajstić information content (AvgIpc) is 2.40. The van der Waals surface area contributed by atoms with Gasteiger partial charge in [-0.15, -0.1) is 0 Å². The Labute approximate surface area is 128 Å². The summed E-state index contributed by atoms with van der Waals surface area (Å²) < 4.78 is 0. The Hall–Kier alpha value is -1.06. The van der Waals surface area contributed by atoms with Crippen molar-refractivity contribution in [3.8, 4) is 0 Å². The molecule has 1 saturated carbocycles. The van der Waals surface area contributed by atoms with Crippen LogP contribution in [0.2, 0.25) is 0 Å². The Kier molecular flexibility index (Phi) is 7.76. The van der Waals surface area contributed by atoms with Crippen LogP contribution in [-0.2, 0) is 9.59 Å². The van der Waals surface area contributed by atoms with Crippen LogP contribution >= 0.6 is 0 Å². The van der Waals surface area contributed by atoms with Crippen LogP contribution in [0.5, 0.6) is 0 Å². The van der Waals surface area contributed by atoms with Crippen LogP contribution in [0.1, 0.15) is 78.1 Å². The number of rotatable bonds is 9. The van der Waals surface area contributed by atoms with Gasteiger partial charge in [-0.1, -0.05) is 26.7 Å². The lowest BCUT2D eigenvalue weighted by Gasteiger charge is -2.34. The molecule has 0 bridgehead atoms. The molecule has 0 aromatic heterocycles. The summed E-state index contributed by atoms with van der Waals surface area (Å²) in [6, 6.07) is 0. The van der Waals surface area contributed by atoms with E-state index in [2.05, 4.69) is 19.2 Å². The van der Waals surface area contributed by atoms with E-state index in [1.807, 2.05) is 0 Å². The molecule has 1 fully saturated rings. The lowest BCUT2D eigenvalue weighted by atomic mass is 9.72. The standard InChI is InChI=1S/C17H31NO3/c1-17(2)10-8-14(9-11-17)13-15(19)18-12-6-4-3-5-7-16(20)21/h14H,3-13H2,1-2H3,(H,18,19)(H,20,21). The number of unbranched alkanes of at least 4 members (excludes halogenated alkanes) is 3. The number of carboxylic acid groups (broad SMARTS) is 1. The van der Waals surface area contributed by atoms with Gasteiger partial charge >= 0.3 is 5.97 Å². The third-order valence-electron chi connectivity index (χ3n) is 4.57. The lowest BCUT2D eigenvalue weighted by Crippen LogP contribution is -2.29. The zero-order valence-corrected chi connectivity index (χ0v) is 13.6. The highest BCUT2D eigenvalue weighted by molar-refractivity contribution is 5.76. The van der Waals surface area contributed by atoms with Crippen LogP contribution in [0.15, 0.2) is 0 Å². The first-order valence-electron chi connectivity index (χ1n) is 8.37. The fourth-order valence-electron chi connectivity index (χ4n) is 2.98. The molecule has 0 aliphatic heterocycles. The van der Waals surface area contributed by atoms with Crippen LogP contribution in [0, 0.1) is 11.3 Å². The van der Waals surface area contributed by atoms with Crippen LogP contribution in [0.25, 0.3) is 0 Å². The summed E-state index contributed by atoms with van der Waals surface area (Å²) >= 11 is 0. The number of carboxylic acids is 1. The zero-order chi connectivity index (χ0) is 15.7. The minimum absolute atomic E-state index is 0.185. The molecule has 21 heavy (non-hydrogen) atoms. The van der Waals surface area contributed by atoms with Gasteiger partial charge in [-0.25, -0.2) is 0 Å². The van der Waals surface area contributed by atoms with Gasteiger partial charge in [0.25, 0.3) is 0 Å². The smallest absolute Gasteiger partial charge is 0.303 e. The monoisotopic (exact) mass is 297 g/mol. The molecule has 0 heterocycles. The van der Waals surface area contributed by atoms with Gasteiger partial charge in [0.15, 0.2) is 0 Å². The molecule has 0 atom stereocenters. The molecule has 1 aliphatic carbocycles. The van der Waals surface area contributed by atoms with E-state index in [0.29, 0.717) is 17.8 Å². The highest BCUT2D eigenvalue weighted by atomic mass is 16.4.